The molecule has 1 aromatic rings. The lowest BCUT2D eigenvalue weighted by atomic mass is 9.85. The lowest BCUT2D eigenvalue weighted by molar-refractivity contribution is -0.0446. The van der Waals surface area contributed by atoms with Crippen LogP contribution in [0, 0.1) is 0 Å². The second kappa shape index (κ2) is 4.78. The third-order valence-corrected chi connectivity index (χ3v) is 3.74. The molecule has 4 nitrogen and oxygen atoms in total. The van der Waals surface area contributed by atoms with Gasteiger partial charge in [-0.15, -0.1) is 0 Å². The van der Waals surface area contributed by atoms with Crippen LogP contribution < -0.4 is 0 Å². The summed E-state index contributed by atoms with van der Waals surface area (Å²) in [6.45, 7) is 5.78. The molecule has 0 amide bonds. The Balaban J connectivity index is 2.26. The Morgan fingerprint density at radius 1 is 1.22 bits per heavy atom. The van der Waals surface area contributed by atoms with Gasteiger partial charge in [-0.3, -0.25) is 4.90 Å². The second-order valence-corrected chi connectivity index (χ2v) is 5.40. The van der Waals surface area contributed by atoms with Crippen molar-refractivity contribution in [1.29, 1.82) is 0 Å². The van der Waals surface area contributed by atoms with Crippen LogP contribution in [0.1, 0.15) is 32.3 Å². The number of hydrogen-bond donors (Lipinski definition) is 3. The van der Waals surface area contributed by atoms with Crippen molar-refractivity contribution in [2.24, 2.45) is 0 Å². The van der Waals surface area contributed by atoms with E-state index in [9.17, 15) is 15.3 Å². The summed E-state index contributed by atoms with van der Waals surface area (Å²) < 4.78 is 0. The number of rotatable bonds is 2. The molecule has 0 unspecified atom stereocenters. The number of hydrogen-bond acceptors (Lipinski definition) is 4. The molecule has 1 aliphatic rings. The van der Waals surface area contributed by atoms with E-state index in [4.69, 9.17) is 0 Å². The van der Waals surface area contributed by atoms with Crippen LogP contribution in [0.2, 0.25) is 0 Å². The molecule has 0 radical (unpaired) electrons. The van der Waals surface area contributed by atoms with Crippen molar-refractivity contribution >= 4 is 0 Å². The maximum Gasteiger partial charge on any atom is 0.157 e. The number of phenolic OH excluding ortho intramolecular Hbond substituents is 2. The van der Waals surface area contributed by atoms with Crippen LogP contribution in [0.3, 0.4) is 0 Å². The van der Waals surface area contributed by atoms with Crippen molar-refractivity contribution in [1.82, 2.24) is 4.90 Å². The van der Waals surface area contributed by atoms with Gasteiger partial charge in [-0.25, -0.2) is 0 Å². The Morgan fingerprint density at radius 2 is 1.94 bits per heavy atom. The normalized spacial score (nSPS) is 25.6. The highest BCUT2D eigenvalue weighted by atomic mass is 16.3. The zero-order valence-electron chi connectivity index (χ0n) is 10.9. The molecule has 18 heavy (non-hydrogen) atoms. The van der Waals surface area contributed by atoms with Crippen molar-refractivity contribution in [3.63, 3.8) is 0 Å². The van der Waals surface area contributed by atoms with Gasteiger partial charge in [0, 0.05) is 12.6 Å². The van der Waals surface area contributed by atoms with Crippen LogP contribution in [0.15, 0.2) is 18.2 Å². The first-order chi connectivity index (χ1) is 8.42. The maximum absolute atomic E-state index is 10.7. The highest BCUT2D eigenvalue weighted by Gasteiger charge is 2.36. The van der Waals surface area contributed by atoms with Crippen molar-refractivity contribution < 1.29 is 15.3 Å². The molecule has 4 heteroatoms. The zero-order valence-corrected chi connectivity index (χ0v) is 10.9. The molecule has 1 fully saturated rings. The molecular formula is C14H21NO3. The number of aliphatic hydroxyl groups is 1. The van der Waals surface area contributed by atoms with E-state index < -0.39 is 5.60 Å². The van der Waals surface area contributed by atoms with Gasteiger partial charge in [0.25, 0.3) is 0 Å². The summed E-state index contributed by atoms with van der Waals surface area (Å²) in [7, 11) is 0. The number of piperidine rings is 1. The van der Waals surface area contributed by atoms with Gasteiger partial charge in [0.2, 0.25) is 0 Å². The summed E-state index contributed by atoms with van der Waals surface area (Å²) in [5.74, 6) is -0.332. The van der Waals surface area contributed by atoms with Crippen molar-refractivity contribution in [3.8, 4) is 11.5 Å². The molecule has 1 aromatic carbocycles. The molecule has 1 heterocycles. The molecule has 0 saturated carbocycles. The minimum absolute atomic E-state index is 0.154. The Bertz CT molecular complexity index is 433. The minimum Gasteiger partial charge on any atom is -0.504 e. The first-order valence-corrected chi connectivity index (χ1v) is 6.41. The molecule has 2 rings (SSSR count). The largest absolute Gasteiger partial charge is 0.504 e. The Kier molecular flexibility index (Phi) is 3.50. The van der Waals surface area contributed by atoms with Crippen LogP contribution in [0.5, 0.6) is 11.5 Å². The summed E-state index contributed by atoms with van der Waals surface area (Å²) in [5, 5.41) is 29.6. The number of nitrogens with zero attached hydrogens (tertiary/aromatic N) is 1. The molecule has 1 atom stereocenters. The lowest BCUT2D eigenvalue weighted by Crippen LogP contribution is -2.48. The number of likely N-dealkylation sites (tertiary alicyclic amines) is 1. The quantitative estimate of drug-likeness (QED) is 0.701. The third-order valence-electron chi connectivity index (χ3n) is 3.74. The molecule has 0 bridgehead atoms. The number of phenols is 2. The molecule has 0 aromatic heterocycles. The molecule has 100 valence electrons. The standard InChI is InChI=1S/C14H21NO3/c1-10(2)15-7-3-6-14(18,9-15)11-4-5-12(16)13(17)8-11/h4-5,8,10,16-18H,3,6-7,9H2,1-2H3/t14-/m1/s1. The summed E-state index contributed by atoms with van der Waals surface area (Å²) in [6.07, 6.45) is 1.61. The van der Waals surface area contributed by atoms with E-state index in [-0.39, 0.29) is 11.5 Å². The van der Waals surface area contributed by atoms with E-state index >= 15 is 0 Å². The first-order valence-electron chi connectivity index (χ1n) is 6.41. The highest BCUT2D eigenvalue weighted by Crippen LogP contribution is 2.36. The first kappa shape index (κ1) is 13.2. The van der Waals surface area contributed by atoms with Gasteiger partial charge in [0.1, 0.15) is 5.60 Å². The number of benzene rings is 1. The van der Waals surface area contributed by atoms with Gasteiger partial charge >= 0.3 is 0 Å². The molecule has 3 N–H and O–H groups in total. The van der Waals surface area contributed by atoms with Crippen LogP contribution >= 0.6 is 0 Å². The van der Waals surface area contributed by atoms with Crippen molar-refractivity contribution in [2.45, 2.75) is 38.3 Å². The molecule has 0 spiro atoms. The van der Waals surface area contributed by atoms with Gasteiger partial charge < -0.3 is 15.3 Å². The van der Waals surface area contributed by atoms with E-state index in [0.717, 1.165) is 13.0 Å². The van der Waals surface area contributed by atoms with E-state index in [0.29, 0.717) is 24.6 Å². The minimum atomic E-state index is -0.937. The van der Waals surface area contributed by atoms with Crippen molar-refractivity contribution in [2.75, 3.05) is 13.1 Å². The van der Waals surface area contributed by atoms with Gasteiger partial charge in [0.15, 0.2) is 11.5 Å². The topological polar surface area (TPSA) is 63.9 Å². The molecular weight excluding hydrogens is 230 g/mol. The maximum atomic E-state index is 10.7. The average molecular weight is 251 g/mol. The van der Waals surface area contributed by atoms with E-state index in [1.165, 1.54) is 12.1 Å². The fraction of sp³-hybridized carbons (Fsp3) is 0.571. The third kappa shape index (κ3) is 2.44. The van der Waals surface area contributed by atoms with E-state index in [1.807, 2.05) is 0 Å². The molecule has 1 saturated heterocycles. The van der Waals surface area contributed by atoms with Crippen LogP contribution in [-0.4, -0.2) is 39.4 Å². The van der Waals surface area contributed by atoms with E-state index in [2.05, 4.69) is 18.7 Å². The number of β-amino-alcohol motifs (C(OH)–C–C–N with tert-alkyl or cyclic N) is 1. The zero-order chi connectivity index (χ0) is 13.3. The van der Waals surface area contributed by atoms with Crippen molar-refractivity contribution in [3.05, 3.63) is 23.8 Å². The van der Waals surface area contributed by atoms with E-state index in [1.54, 1.807) is 6.07 Å². The molecule has 0 aliphatic carbocycles. The fourth-order valence-corrected chi connectivity index (χ4v) is 2.56. The molecule has 1 aliphatic heterocycles. The van der Waals surface area contributed by atoms with Gasteiger partial charge in [-0.2, -0.15) is 0 Å². The van der Waals surface area contributed by atoms with Gasteiger partial charge in [0.05, 0.1) is 0 Å². The predicted octanol–water partition coefficient (Wildman–Crippen LogP) is 1.79. The second-order valence-electron chi connectivity index (χ2n) is 5.40. The van der Waals surface area contributed by atoms with Gasteiger partial charge in [-0.1, -0.05) is 6.07 Å². The Morgan fingerprint density at radius 3 is 2.56 bits per heavy atom. The number of aromatic hydroxyl groups is 2. The smallest absolute Gasteiger partial charge is 0.157 e. The SMILES string of the molecule is CC(C)N1CCC[C@](O)(c2ccc(O)c(O)c2)C1. The Labute approximate surface area is 107 Å². The summed E-state index contributed by atoms with van der Waals surface area (Å²) in [6, 6.07) is 4.96. The summed E-state index contributed by atoms with van der Waals surface area (Å²) in [5.41, 5.74) is -0.267. The highest BCUT2D eigenvalue weighted by molar-refractivity contribution is 5.42. The van der Waals surface area contributed by atoms with Crippen LogP contribution in [-0.2, 0) is 5.60 Å². The van der Waals surface area contributed by atoms with Gasteiger partial charge in [-0.05, 0) is 50.9 Å². The average Bonchev–Trinajstić information content (AvgIpc) is 2.32. The van der Waals surface area contributed by atoms with Crippen LogP contribution in [0.4, 0.5) is 0 Å². The Hall–Kier alpha value is -1.26. The summed E-state index contributed by atoms with van der Waals surface area (Å²) in [4.78, 5) is 2.23. The predicted molar refractivity (Wildman–Crippen MR) is 69.6 cm³/mol. The lowest BCUT2D eigenvalue weighted by Gasteiger charge is -2.41. The fourth-order valence-electron chi connectivity index (χ4n) is 2.56. The van der Waals surface area contributed by atoms with Crippen LogP contribution in [0.25, 0.3) is 0 Å². The monoisotopic (exact) mass is 251 g/mol. The summed E-state index contributed by atoms with van der Waals surface area (Å²) >= 11 is 0.